The van der Waals surface area contributed by atoms with Crippen molar-refractivity contribution in [1.29, 1.82) is 0 Å². The Kier molecular flexibility index (Phi) is 9.78. The first-order valence-electron chi connectivity index (χ1n) is 12.4. The van der Waals surface area contributed by atoms with E-state index in [1.165, 1.54) is 68.9 Å². The van der Waals surface area contributed by atoms with Crippen LogP contribution in [0.25, 0.3) is 0 Å². The van der Waals surface area contributed by atoms with Crippen molar-refractivity contribution in [3.63, 3.8) is 0 Å². The largest absolute Gasteiger partial charge is 0.299 e. The van der Waals surface area contributed by atoms with Gasteiger partial charge in [0.2, 0.25) is 0 Å². The monoisotopic (exact) mass is 412 g/mol. The molecule has 0 unspecified atom stereocenters. The van der Waals surface area contributed by atoms with Crippen molar-refractivity contribution in [3.05, 3.63) is 35.4 Å². The molecule has 168 valence electrons. The van der Waals surface area contributed by atoms with E-state index >= 15 is 0 Å². The van der Waals surface area contributed by atoms with Gasteiger partial charge >= 0.3 is 0 Å². The average Bonchev–Trinajstić information content (AvgIpc) is 3.49. The Bertz CT molecular complexity index is 635. The molecule has 2 nitrogen and oxygen atoms in total. The maximum absolute atomic E-state index is 11.7. The van der Waals surface area contributed by atoms with Crippen LogP contribution in [0.5, 0.6) is 0 Å². The number of benzene rings is 1. The van der Waals surface area contributed by atoms with Crippen LogP contribution in [0.4, 0.5) is 0 Å². The van der Waals surface area contributed by atoms with E-state index in [4.69, 9.17) is 0 Å². The van der Waals surface area contributed by atoms with Gasteiger partial charge in [0, 0.05) is 10.8 Å². The van der Waals surface area contributed by atoms with Gasteiger partial charge in [-0.3, -0.25) is 9.59 Å². The first-order chi connectivity index (χ1) is 14.3. The maximum atomic E-state index is 11.7. The van der Waals surface area contributed by atoms with Gasteiger partial charge in [0.05, 0.1) is 0 Å². The molecule has 0 amide bonds. The third kappa shape index (κ3) is 8.00. The van der Waals surface area contributed by atoms with Crippen LogP contribution in [0.1, 0.15) is 116 Å². The Morgan fingerprint density at radius 3 is 1.77 bits per heavy atom. The number of rotatable bonds is 16. The van der Waals surface area contributed by atoms with E-state index in [-0.39, 0.29) is 10.8 Å². The average molecular weight is 413 g/mol. The van der Waals surface area contributed by atoms with Crippen LogP contribution in [-0.4, -0.2) is 11.6 Å². The van der Waals surface area contributed by atoms with E-state index in [0.717, 1.165) is 32.1 Å². The highest BCUT2D eigenvalue weighted by Gasteiger charge is 2.46. The first-order valence-corrected chi connectivity index (χ1v) is 12.4. The third-order valence-electron chi connectivity index (χ3n) is 7.52. The number of unbranched alkanes of at least 4 members (excludes halogenated alkanes) is 6. The summed E-state index contributed by atoms with van der Waals surface area (Å²) >= 11 is 0. The number of Topliss-reactive ketones (excluding diaryl/α,β-unsaturated/α-hetero) is 2. The second-order valence-electron chi connectivity index (χ2n) is 10.4. The summed E-state index contributed by atoms with van der Waals surface area (Å²) in [6, 6.07) is 8.95. The van der Waals surface area contributed by atoms with Crippen molar-refractivity contribution >= 4 is 11.6 Å². The number of carbonyl (C=O) groups excluding carboxylic acids is 2. The molecule has 1 fully saturated rings. The van der Waals surface area contributed by atoms with Crippen LogP contribution in [0.2, 0.25) is 0 Å². The van der Waals surface area contributed by atoms with E-state index in [9.17, 15) is 9.59 Å². The van der Waals surface area contributed by atoms with Gasteiger partial charge in [-0.25, -0.2) is 0 Å². The number of hydrogen-bond acceptors (Lipinski definition) is 2. The van der Waals surface area contributed by atoms with E-state index < -0.39 is 0 Å². The van der Waals surface area contributed by atoms with Gasteiger partial charge in [0.25, 0.3) is 0 Å². The van der Waals surface area contributed by atoms with Crippen LogP contribution in [0.15, 0.2) is 24.3 Å². The van der Waals surface area contributed by atoms with E-state index in [1.54, 1.807) is 13.8 Å². The summed E-state index contributed by atoms with van der Waals surface area (Å²) in [5, 5.41) is 0. The van der Waals surface area contributed by atoms with Crippen molar-refractivity contribution in [2.75, 3.05) is 0 Å². The zero-order valence-electron chi connectivity index (χ0n) is 20.0. The molecular weight excluding hydrogens is 368 g/mol. The van der Waals surface area contributed by atoms with Crippen molar-refractivity contribution < 1.29 is 9.59 Å². The lowest BCUT2D eigenvalue weighted by Crippen LogP contribution is -2.20. The van der Waals surface area contributed by atoms with Gasteiger partial charge < -0.3 is 0 Å². The molecule has 1 aliphatic rings. The van der Waals surface area contributed by atoms with Crippen LogP contribution < -0.4 is 0 Å². The molecule has 30 heavy (non-hydrogen) atoms. The topological polar surface area (TPSA) is 34.1 Å². The van der Waals surface area contributed by atoms with Crippen molar-refractivity contribution in [2.24, 2.45) is 10.8 Å². The second kappa shape index (κ2) is 11.8. The number of ketones is 2. The van der Waals surface area contributed by atoms with E-state index in [0.29, 0.717) is 11.6 Å². The Morgan fingerprint density at radius 1 is 0.800 bits per heavy atom. The standard InChI is InChI=1S/C28H44O2/c1-23(29)27(3,4)19-13-7-5-9-15-25-17-11-12-18-26(25)16-10-6-8-14-20-28(21-22-28)24(2)30/h11-12,17-18H,5-10,13-16,19-22H2,1-4H3. The lowest BCUT2D eigenvalue weighted by molar-refractivity contribution is -0.125. The lowest BCUT2D eigenvalue weighted by Gasteiger charge is -2.20. The second-order valence-corrected chi connectivity index (χ2v) is 10.4. The quantitative estimate of drug-likeness (QED) is 0.261. The molecule has 1 aromatic carbocycles. The molecule has 0 aliphatic heterocycles. The fourth-order valence-corrected chi connectivity index (χ4v) is 4.52. The maximum Gasteiger partial charge on any atom is 0.135 e. The minimum Gasteiger partial charge on any atom is -0.299 e. The fourth-order valence-electron chi connectivity index (χ4n) is 4.52. The Labute approximate surface area is 185 Å². The Balaban J connectivity index is 1.60. The molecule has 0 aromatic heterocycles. The summed E-state index contributed by atoms with van der Waals surface area (Å²) in [5.41, 5.74) is 2.99. The van der Waals surface area contributed by atoms with Crippen LogP contribution in [0.3, 0.4) is 0 Å². The van der Waals surface area contributed by atoms with Crippen molar-refractivity contribution in [1.82, 2.24) is 0 Å². The zero-order chi connectivity index (χ0) is 22.0. The minimum atomic E-state index is -0.155. The molecule has 0 saturated heterocycles. The predicted octanol–water partition coefficient (Wildman–Crippen LogP) is 7.66. The molecule has 0 bridgehead atoms. The molecule has 1 aliphatic carbocycles. The zero-order valence-corrected chi connectivity index (χ0v) is 20.0. The SMILES string of the molecule is CC(=O)C(C)(C)CCCCCCc1ccccc1CCCCCCC1(C(C)=O)CC1. The van der Waals surface area contributed by atoms with Crippen molar-refractivity contribution in [2.45, 2.75) is 118 Å². The molecular formula is C28H44O2. The molecule has 0 atom stereocenters. The Morgan fingerprint density at radius 2 is 1.30 bits per heavy atom. The van der Waals surface area contributed by atoms with Crippen LogP contribution in [0, 0.1) is 10.8 Å². The van der Waals surface area contributed by atoms with Crippen molar-refractivity contribution in [3.8, 4) is 0 Å². The summed E-state index contributed by atoms with van der Waals surface area (Å²) in [4.78, 5) is 23.3. The summed E-state index contributed by atoms with van der Waals surface area (Å²) in [7, 11) is 0. The van der Waals surface area contributed by atoms with Gasteiger partial charge in [-0.2, -0.15) is 0 Å². The highest BCUT2D eigenvalue weighted by molar-refractivity contribution is 5.84. The van der Waals surface area contributed by atoms with Gasteiger partial charge in [-0.15, -0.1) is 0 Å². The normalized spacial score (nSPS) is 15.2. The summed E-state index contributed by atoms with van der Waals surface area (Å²) in [6.45, 7) is 7.63. The van der Waals surface area contributed by atoms with Crippen LogP contribution in [-0.2, 0) is 22.4 Å². The number of carbonyl (C=O) groups is 2. The van der Waals surface area contributed by atoms with Gasteiger partial charge in [0.1, 0.15) is 11.6 Å². The molecule has 2 heteroatoms. The van der Waals surface area contributed by atoms with E-state index in [1.807, 2.05) is 0 Å². The third-order valence-corrected chi connectivity index (χ3v) is 7.52. The van der Waals surface area contributed by atoms with Crippen LogP contribution >= 0.6 is 0 Å². The van der Waals surface area contributed by atoms with E-state index in [2.05, 4.69) is 38.1 Å². The molecule has 0 radical (unpaired) electrons. The lowest BCUT2D eigenvalue weighted by atomic mass is 9.83. The highest BCUT2D eigenvalue weighted by Crippen LogP contribution is 2.50. The summed E-state index contributed by atoms with van der Waals surface area (Å²) in [6.07, 6.45) is 16.6. The highest BCUT2D eigenvalue weighted by atomic mass is 16.1. The Hall–Kier alpha value is -1.44. The van der Waals surface area contributed by atoms with Gasteiger partial charge in [0.15, 0.2) is 0 Å². The number of aryl methyl sites for hydroxylation is 2. The predicted molar refractivity (Wildman–Crippen MR) is 127 cm³/mol. The summed E-state index contributed by atoms with van der Waals surface area (Å²) in [5.74, 6) is 0.723. The van der Waals surface area contributed by atoms with Gasteiger partial charge in [-0.05, 0) is 76.3 Å². The molecule has 1 aromatic rings. The molecule has 0 heterocycles. The minimum absolute atomic E-state index is 0.0917. The molecule has 0 N–H and O–H groups in total. The molecule has 2 rings (SSSR count). The number of hydrogen-bond donors (Lipinski definition) is 0. The van der Waals surface area contributed by atoms with Gasteiger partial charge in [-0.1, -0.05) is 76.6 Å². The fraction of sp³-hybridized carbons (Fsp3) is 0.714. The smallest absolute Gasteiger partial charge is 0.135 e. The molecule has 1 saturated carbocycles. The summed E-state index contributed by atoms with van der Waals surface area (Å²) < 4.78 is 0. The molecule has 0 spiro atoms. The first kappa shape index (κ1) is 24.8.